The first-order valence-corrected chi connectivity index (χ1v) is 6.97. The Hall–Kier alpha value is -0.130. The van der Waals surface area contributed by atoms with Crippen LogP contribution < -0.4 is 5.32 Å². The highest BCUT2D eigenvalue weighted by atomic mass is 32.2. The Bertz CT molecular complexity index is 249. The summed E-state index contributed by atoms with van der Waals surface area (Å²) in [6, 6.07) is 0.264. The molecule has 0 amide bonds. The average molecular weight is 221 g/mol. The molecule has 0 aromatic carbocycles. The Morgan fingerprint density at radius 1 is 1.43 bits per heavy atom. The van der Waals surface area contributed by atoms with Gasteiger partial charge < -0.3 is 10.4 Å². The molecule has 1 aliphatic heterocycles. The molecule has 1 heterocycles. The molecule has 0 radical (unpaired) electrons. The number of hydrogen-bond acceptors (Lipinski definition) is 4. The van der Waals surface area contributed by atoms with Gasteiger partial charge >= 0.3 is 0 Å². The first-order chi connectivity index (χ1) is 6.53. The molecule has 84 valence electrons. The minimum absolute atomic E-state index is 0.264. The lowest BCUT2D eigenvalue weighted by molar-refractivity contribution is 0.162. The summed E-state index contributed by atoms with van der Waals surface area (Å²) in [6.45, 7) is 2.50. The van der Waals surface area contributed by atoms with Crippen LogP contribution >= 0.6 is 0 Å². The van der Waals surface area contributed by atoms with Gasteiger partial charge in [0, 0.05) is 12.6 Å². The maximum Gasteiger partial charge on any atom is 0.150 e. The molecule has 0 aromatic heterocycles. The zero-order valence-corrected chi connectivity index (χ0v) is 9.39. The van der Waals surface area contributed by atoms with E-state index in [0.29, 0.717) is 19.4 Å². The van der Waals surface area contributed by atoms with Crippen LogP contribution in [0.3, 0.4) is 0 Å². The minimum Gasteiger partial charge on any atom is -0.392 e. The van der Waals surface area contributed by atoms with Crippen LogP contribution in [-0.4, -0.2) is 43.7 Å². The van der Waals surface area contributed by atoms with Crippen molar-refractivity contribution in [1.29, 1.82) is 0 Å². The normalized spacial score (nSPS) is 24.7. The third kappa shape index (κ3) is 3.94. The van der Waals surface area contributed by atoms with E-state index in [4.69, 9.17) is 0 Å². The van der Waals surface area contributed by atoms with E-state index in [0.717, 1.165) is 6.42 Å². The van der Waals surface area contributed by atoms with Crippen molar-refractivity contribution in [3.63, 3.8) is 0 Å². The van der Waals surface area contributed by atoms with Crippen LogP contribution in [0, 0.1) is 0 Å². The van der Waals surface area contributed by atoms with E-state index in [1.54, 1.807) is 0 Å². The Labute approximate surface area is 85.6 Å². The highest BCUT2D eigenvalue weighted by molar-refractivity contribution is 7.91. The van der Waals surface area contributed by atoms with Crippen LogP contribution in [0.1, 0.15) is 26.2 Å². The molecule has 0 aliphatic carbocycles. The van der Waals surface area contributed by atoms with Crippen LogP contribution in [0.25, 0.3) is 0 Å². The van der Waals surface area contributed by atoms with E-state index in [1.807, 2.05) is 6.92 Å². The smallest absolute Gasteiger partial charge is 0.150 e. The molecule has 4 nitrogen and oxygen atoms in total. The zero-order chi connectivity index (χ0) is 10.6. The molecule has 0 aromatic rings. The van der Waals surface area contributed by atoms with E-state index in [1.165, 1.54) is 0 Å². The molecule has 0 bridgehead atoms. The molecule has 1 rings (SSSR count). The first-order valence-electron chi connectivity index (χ1n) is 5.15. The van der Waals surface area contributed by atoms with Crippen molar-refractivity contribution < 1.29 is 13.5 Å². The van der Waals surface area contributed by atoms with Crippen LogP contribution in [0.2, 0.25) is 0 Å². The van der Waals surface area contributed by atoms with Gasteiger partial charge in [0.05, 0.1) is 17.6 Å². The Kier molecular flexibility index (Phi) is 4.34. The van der Waals surface area contributed by atoms with Crippen LogP contribution in [0.15, 0.2) is 0 Å². The Balaban J connectivity index is 2.23. The molecule has 1 atom stereocenters. The predicted octanol–water partition coefficient (Wildman–Crippen LogP) is -0.0759. The number of rotatable bonds is 4. The summed E-state index contributed by atoms with van der Waals surface area (Å²) in [5.41, 5.74) is 0. The molecule has 0 spiro atoms. The molecular weight excluding hydrogens is 202 g/mol. The SMILES string of the molecule is CCC(O)CNC1CCS(=O)(=O)CC1. The van der Waals surface area contributed by atoms with E-state index in [-0.39, 0.29) is 23.7 Å². The maximum absolute atomic E-state index is 11.1. The fraction of sp³-hybridized carbons (Fsp3) is 1.00. The van der Waals surface area contributed by atoms with Gasteiger partial charge in [-0.25, -0.2) is 8.42 Å². The van der Waals surface area contributed by atoms with Crippen molar-refractivity contribution in [2.75, 3.05) is 18.1 Å². The second-order valence-corrected chi connectivity index (χ2v) is 6.20. The van der Waals surface area contributed by atoms with Gasteiger partial charge in [-0.2, -0.15) is 0 Å². The molecular formula is C9H19NO3S. The highest BCUT2D eigenvalue weighted by Gasteiger charge is 2.23. The fourth-order valence-electron chi connectivity index (χ4n) is 1.54. The zero-order valence-electron chi connectivity index (χ0n) is 8.57. The van der Waals surface area contributed by atoms with Crippen molar-refractivity contribution in [2.24, 2.45) is 0 Å². The topological polar surface area (TPSA) is 66.4 Å². The van der Waals surface area contributed by atoms with Gasteiger partial charge in [-0.15, -0.1) is 0 Å². The summed E-state index contributed by atoms with van der Waals surface area (Å²) in [5.74, 6) is 0.569. The van der Waals surface area contributed by atoms with Crippen molar-refractivity contribution in [3.05, 3.63) is 0 Å². The van der Waals surface area contributed by atoms with Gasteiger partial charge in [-0.1, -0.05) is 6.92 Å². The molecule has 1 aliphatic rings. The number of aliphatic hydroxyl groups excluding tert-OH is 1. The Morgan fingerprint density at radius 2 is 2.00 bits per heavy atom. The third-order valence-electron chi connectivity index (χ3n) is 2.67. The standard InChI is InChI=1S/C9H19NO3S/c1-2-9(11)7-10-8-3-5-14(12,13)6-4-8/h8-11H,2-7H2,1H3. The van der Waals surface area contributed by atoms with Gasteiger partial charge in [-0.05, 0) is 19.3 Å². The summed E-state index contributed by atoms with van der Waals surface area (Å²) >= 11 is 0. The number of hydrogen-bond donors (Lipinski definition) is 2. The second-order valence-electron chi connectivity index (χ2n) is 3.90. The van der Waals surface area contributed by atoms with Gasteiger partial charge in [0.15, 0.2) is 0 Å². The first kappa shape index (κ1) is 11.9. The van der Waals surface area contributed by atoms with Gasteiger partial charge in [-0.3, -0.25) is 0 Å². The number of sulfone groups is 1. The van der Waals surface area contributed by atoms with Crippen LogP contribution in [0.5, 0.6) is 0 Å². The molecule has 0 saturated carbocycles. The van der Waals surface area contributed by atoms with Crippen LogP contribution in [-0.2, 0) is 9.84 Å². The monoisotopic (exact) mass is 221 g/mol. The van der Waals surface area contributed by atoms with Gasteiger partial charge in [0.1, 0.15) is 9.84 Å². The molecule has 1 fully saturated rings. The fourth-order valence-corrected chi connectivity index (χ4v) is 3.03. The van der Waals surface area contributed by atoms with Crippen molar-refractivity contribution in [1.82, 2.24) is 5.32 Å². The summed E-state index contributed by atoms with van der Waals surface area (Å²) in [5, 5.41) is 12.5. The van der Waals surface area contributed by atoms with E-state index in [9.17, 15) is 13.5 Å². The van der Waals surface area contributed by atoms with Gasteiger partial charge in [0.2, 0.25) is 0 Å². The van der Waals surface area contributed by atoms with Gasteiger partial charge in [0.25, 0.3) is 0 Å². The molecule has 14 heavy (non-hydrogen) atoms. The van der Waals surface area contributed by atoms with Crippen molar-refractivity contribution in [2.45, 2.75) is 38.3 Å². The summed E-state index contributed by atoms with van der Waals surface area (Å²) in [6.07, 6.45) is 1.78. The maximum atomic E-state index is 11.1. The highest BCUT2D eigenvalue weighted by Crippen LogP contribution is 2.11. The third-order valence-corrected chi connectivity index (χ3v) is 4.38. The average Bonchev–Trinajstić information content (AvgIpc) is 2.16. The second kappa shape index (κ2) is 5.09. The van der Waals surface area contributed by atoms with Crippen LogP contribution in [0.4, 0.5) is 0 Å². The summed E-state index contributed by atoms with van der Waals surface area (Å²) in [7, 11) is -2.76. The largest absolute Gasteiger partial charge is 0.392 e. The summed E-state index contributed by atoms with van der Waals surface area (Å²) < 4.78 is 22.2. The van der Waals surface area contributed by atoms with E-state index < -0.39 is 9.84 Å². The lowest BCUT2D eigenvalue weighted by atomic mass is 10.1. The van der Waals surface area contributed by atoms with E-state index in [2.05, 4.69) is 5.32 Å². The molecule has 1 saturated heterocycles. The number of aliphatic hydroxyl groups is 1. The van der Waals surface area contributed by atoms with Crippen molar-refractivity contribution in [3.8, 4) is 0 Å². The summed E-state index contributed by atoms with van der Waals surface area (Å²) in [4.78, 5) is 0. The minimum atomic E-state index is -2.76. The molecule has 5 heteroatoms. The predicted molar refractivity (Wildman–Crippen MR) is 56.0 cm³/mol. The van der Waals surface area contributed by atoms with Crippen molar-refractivity contribution >= 4 is 9.84 Å². The Morgan fingerprint density at radius 3 is 2.50 bits per heavy atom. The molecule has 2 N–H and O–H groups in total. The quantitative estimate of drug-likeness (QED) is 0.697. The van der Waals surface area contributed by atoms with E-state index >= 15 is 0 Å². The molecule has 1 unspecified atom stereocenters. The lowest BCUT2D eigenvalue weighted by Crippen LogP contribution is -2.40. The number of nitrogens with one attached hydrogen (secondary N) is 1. The lowest BCUT2D eigenvalue weighted by Gasteiger charge is -2.24.